The highest BCUT2D eigenvalue weighted by atomic mass is 16.2. The molecule has 1 aromatic rings. The molecule has 0 fully saturated rings. The van der Waals surface area contributed by atoms with Gasteiger partial charge in [0.15, 0.2) is 5.69 Å². The summed E-state index contributed by atoms with van der Waals surface area (Å²) in [5.74, 6) is 0.620. The van der Waals surface area contributed by atoms with Crippen LogP contribution >= 0.6 is 0 Å². The third kappa shape index (κ3) is 1.08. The van der Waals surface area contributed by atoms with Crippen molar-refractivity contribution in [2.24, 2.45) is 0 Å². The molecule has 0 saturated carbocycles. The molecular formula is C9H14N4O. The summed E-state index contributed by atoms with van der Waals surface area (Å²) in [4.78, 5) is 13.4. The Morgan fingerprint density at radius 2 is 2.29 bits per heavy atom. The van der Waals surface area contributed by atoms with Gasteiger partial charge in [-0.25, -0.2) is 4.68 Å². The molecule has 0 atom stereocenters. The van der Waals surface area contributed by atoms with Gasteiger partial charge in [0.2, 0.25) is 0 Å². The molecular weight excluding hydrogens is 180 g/mol. The summed E-state index contributed by atoms with van der Waals surface area (Å²) in [5.41, 5.74) is 7.31. The van der Waals surface area contributed by atoms with Crippen molar-refractivity contribution in [1.82, 2.24) is 14.7 Å². The minimum absolute atomic E-state index is 0.0230. The van der Waals surface area contributed by atoms with Crippen LogP contribution < -0.4 is 5.73 Å². The number of nitrogens with zero attached hydrogens (tertiary/aromatic N) is 3. The van der Waals surface area contributed by atoms with E-state index < -0.39 is 0 Å². The molecule has 0 unspecified atom stereocenters. The second-order valence-corrected chi connectivity index (χ2v) is 3.50. The number of aryl methyl sites for hydroxylation is 1. The van der Waals surface area contributed by atoms with E-state index in [0.29, 0.717) is 18.1 Å². The molecule has 0 aliphatic carbocycles. The molecule has 1 amide bonds. The van der Waals surface area contributed by atoms with E-state index in [0.717, 1.165) is 18.5 Å². The van der Waals surface area contributed by atoms with Crippen LogP contribution in [0.25, 0.3) is 0 Å². The molecule has 1 aliphatic rings. The molecule has 1 aromatic heterocycles. The molecule has 5 nitrogen and oxygen atoms in total. The second kappa shape index (κ2) is 3.01. The highest BCUT2D eigenvalue weighted by Gasteiger charge is 2.27. The molecule has 2 heterocycles. The highest BCUT2D eigenvalue weighted by molar-refractivity contribution is 5.95. The van der Waals surface area contributed by atoms with Crippen LogP contribution in [0.15, 0.2) is 0 Å². The van der Waals surface area contributed by atoms with Crippen LogP contribution in [0.3, 0.4) is 0 Å². The van der Waals surface area contributed by atoms with Crippen molar-refractivity contribution in [3.05, 3.63) is 11.3 Å². The van der Waals surface area contributed by atoms with Crippen LogP contribution in [0.1, 0.15) is 23.0 Å². The van der Waals surface area contributed by atoms with Gasteiger partial charge in [-0.05, 0) is 13.3 Å². The molecule has 14 heavy (non-hydrogen) atoms. The van der Waals surface area contributed by atoms with Crippen LogP contribution in [-0.4, -0.2) is 34.2 Å². The Labute approximate surface area is 82.5 Å². The molecule has 76 valence electrons. The molecule has 2 rings (SSSR count). The Hall–Kier alpha value is -1.52. The van der Waals surface area contributed by atoms with Gasteiger partial charge in [-0.1, -0.05) is 0 Å². The maximum Gasteiger partial charge on any atom is 0.274 e. The van der Waals surface area contributed by atoms with Gasteiger partial charge in [0.25, 0.3) is 5.91 Å². The molecule has 5 heteroatoms. The van der Waals surface area contributed by atoms with Crippen molar-refractivity contribution in [3.8, 4) is 0 Å². The number of amides is 1. The Morgan fingerprint density at radius 1 is 1.57 bits per heavy atom. The molecule has 0 spiro atoms. The Bertz CT molecular complexity index is 382. The number of aromatic nitrogens is 2. The predicted octanol–water partition coefficient (Wildman–Crippen LogP) is 0.113. The van der Waals surface area contributed by atoms with E-state index >= 15 is 0 Å². The standard InChI is InChI=1S/C9H14N4O/c1-3-13-8(10)6-4-5-12(2)9(14)7(6)11-13/h3-5,10H2,1-2H3. The summed E-state index contributed by atoms with van der Waals surface area (Å²) in [6, 6.07) is 0. The number of nitrogen functional groups attached to an aromatic ring is 1. The number of likely N-dealkylation sites (N-methyl/N-ethyl adjacent to an activating group) is 1. The highest BCUT2D eigenvalue weighted by Crippen LogP contribution is 2.22. The van der Waals surface area contributed by atoms with Gasteiger partial charge in [-0.15, -0.1) is 0 Å². The van der Waals surface area contributed by atoms with Crippen LogP contribution in [0.4, 0.5) is 5.82 Å². The molecule has 0 bridgehead atoms. The Balaban J connectivity index is 2.52. The van der Waals surface area contributed by atoms with Crippen molar-refractivity contribution >= 4 is 11.7 Å². The lowest BCUT2D eigenvalue weighted by Crippen LogP contribution is -2.34. The average molecular weight is 194 g/mol. The maximum absolute atomic E-state index is 11.7. The zero-order valence-corrected chi connectivity index (χ0v) is 8.45. The van der Waals surface area contributed by atoms with Gasteiger partial charge in [0.05, 0.1) is 0 Å². The summed E-state index contributed by atoms with van der Waals surface area (Å²) < 4.78 is 1.68. The summed E-state index contributed by atoms with van der Waals surface area (Å²) in [5, 5.41) is 4.20. The summed E-state index contributed by atoms with van der Waals surface area (Å²) in [7, 11) is 1.78. The monoisotopic (exact) mass is 194 g/mol. The van der Waals surface area contributed by atoms with Crippen LogP contribution in [0.2, 0.25) is 0 Å². The number of carbonyl (C=O) groups is 1. The first-order valence-electron chi connectivity index (χ1n) is 4.75. The number of anilines is 1. The molecule has 0 radical (unpaired) electrons. The van der Waals surface area contributed by atoms with Crippen LogP contribution in [0.5, 0.6) is 0 Å². The maximum atomic E-state index is 11.7. The van der Waals surface area contributed by atoms with Crippen molar-refractivity contribution in [2.75, 3.05) is 19.3 Å². The lowest BCUT2D eigenvalue weighted by atomic mass is 10.1. The van der Waals surface area contributed by atoms with Gasteiger partial charge < -0.3 is 10.6 Å². The first-order chi connectivity index (χ1) is 6.65. The number of fused-ring (bicyclic) bond motifs is 1. The topological polar surface area (TPSA) is 64.2 Å². The minimum Gasteiger partial charge on any atom is -0.384 e. The van der Waals surface area contributed by atoms with E-state index in [1.165, 1.54) is 0 Å². The van der Waals surface area contributed by atoms with Crippen molar-refractivity contribution in [1.29, 1.82) is 0 Å². The van der Waals surface area contributed by atoms with E-state index in [4.69, 9.17) is 5.73 Å². The zero-order chi connectivity index (χ0) is 10.3. The smallest absolute Gasteiger partial charge is 0.274 e. The van der Waals surface area contributed by atoms with Crippen molar-refractivity contribution < 1.29 is 4.79 Å². The fourth-order valence-corrected chi connectivity index (χ4v) is 1.73. The summed E-state index contributed by atoms with van der Waals surface area (Å²) in [6.45, 7) is 3.39. The molecule has 1 aliphatic heterocycles. The van der Waals surface area contributed by atoms with Crippen molar-refractivity contribution in [2.45, 2.75) is 19.9 Å². The van der Waals surface area contributed by atoms with Crippen LogP contribution in [0, 0.1) is 0 Å². The minimum atomic E-state index is -0.0230. The van der Waals surface area contributed by atoms with E-state index in [1.807, 2.05) is 6.92 Å². The summed E-state index contributed by atoms with van der Waals surface area (Å²) in [6.07, 6.45) is 0.809. The Kier molecular flexibility index (Phi) is 1.94. The lowest BCUT2D eigenvalue weighted by Gasteiger charge is -2.20. The largest absolute Gasteiger partial charge is 0.384 e. The number of nitrogens with two attached hydrogens (primary N) is 1. The third-order valence-electron chi connectivity index (χ3n) is 2.64. The van der Waals surface area contributed by atoms with Gasteiger partial charge in [-0.3, -0.25) is 4.79 Å². The van der Waals surface area contributed by atoms with E-state index in [-0.39, 0.29) is 5.91 Å². The number of carbonyl (C=O) groups excluding carboxylic acids is 1. The zero-order valence-electron chi connectivity index (χ0n) is 8.45. The van der Waals surface area contributed by atoms with E-state index in [1.54, 1.807) is 16.6 Å². The molecule has 0 aromatic carbocycles. The molecule has 2 N–H and O–H groups in total. The Morgan fingerprint density at radius 3 is 2.93 bits per heavy atom. The first kappa shape index (κ1) is 9.05. The fourth-order valence-electron chi connectivity index (χ4n) is 1.73. The average Bonchev–Trinajstić information content (AvgIpc) is 2.50. The fraction of sp³-hybridized carbons (Fsp3) is 0.556. The van der Waals surface area contributed by atoms with Gasteiger partial charge in [-0.2, -0.15) is 5.10 Å². The quantitative estimate of drug-likeness (QED) is 0.690. The number of hydrogen-bond acceptors (Lipinski definition) is 3. The first-order valence-corrected chi connectivity index (χ1v) is 4.75. The van der Waals surface area contributed by atoms with Crippen LogP contribution in [-0.2, 0) is 13.0 Å². The second-order valence-electron chi connectivity index (χ2n) is 3.50. The third-order valence-corrected chi connectivity index (χ3v) is 2.64. The SMILES string of the molecule is CCn1nc2c(c1N)CCN(C)C2=O. The lowest BCUT2D eigenvalue weighted by molar-refractivity contribution is 0.0774. The number of rotatable bonds is 1. The van der Waals surface area contributed by atoms with Gasteiger partial charge in [0.1, 0.15) is 5.82 Å². The van der Waals surface area contributed by atoms with E-state index in [2.05, 4.69) is 5.10 Å². The number of hydrogen-bond donors (Lipinski definition) is 1. The van der Waals surface area contributed by atoms with Gasteiger partial charge >= 0.3 is 0 Å². The summed E-state index contributed by atoms with van der Waals surface area (Å²) >= 11 is 0. The normalized spacial score (nSPS) is 15.9. The van der Waals surface area contributed by atoms with Crippen molar-refractivity contribution in [3.63, 3.8) is 0 Å². The van der Waals surface area contributed by atoms with Gasteiger partial charge in [0, 0.05) is 25.7 Å². The van der Waals surface area contributed by atoms with E-state index in [9.17, 15) is 4.79 Å². The molecule has 0 saturated heterocycles. The predicted molar refractivity (Wildman–Crippen MR) is 53.0 cm³/mol.